The Labute approximate surface area is 242 Å². The van der Waals surface area contributed by atoms with Gasteiger partial charge >= 0.3 is 5.92 Å². The molecule has 1 aromatic rings. The predicted molar refractivity (Wildman–Crippen MR) is 152 cm³/mol. The van der Waals surface area contributed by atoms with Crippen LogP contribution in [0.3, 0.4) is 0 Å². The normalized spacial score (nSPS) is 15.5. The molecule has 0 aromatic heterocycles. The lowest BCUT2D eigenvalue weighted by Crippen LogP contribution is -2.52. The highest BCUT2D eigenvalue weighted by Gasteiger charge is 2.43. The van der Waals surface area contributed by atoms with Gasteiger partial charge in [0.15, 0.2) is 5.78 Å². The van der Waals surface area contributed by atoms with Crippen molar-refractivity contribution in [3.8, 4) is 5.75 Å². The Morgan fingerprint density at radius 1 is 0.975 bits per heavy atom. The lowest BCUT2D eigenvalue weighted by Gasteiger charge is -2.28. The first kappa shape index (κ1) is 35.4. The molecule has 2 amide bonds. The molecule has 8 nitrogen and oxygen atoms in total. The SMILES string of the molecule is COc1ccc(C[C@H](NC(=O)CC(C)C)C(=O)CCC(=O)N[C@@H](CC2CCCCC2)C(=O)C(F)(F)CN)cc1.Cl. The minimum Gasteiger partial charge on any atom is -0.497 e. The maximum Gasteiger partial charge on any atom is 0.319 e. The first-order chi connectivity index (χ1) is 18.4. The molecular weight excluding hydrogens is 544 g/mol. The predicted octanol–water partition coefficient (Wildman–Crippen LogP) is 4.16. The molecule has 0 bridgehead atoms. The highest BCUT2D eigenvalue weighted by Crippen LogP contribution is 2.29. The van der Waals surface area contributed by atoms with Gasteiger partial charge < -0.3 is 21.1 Å². The summed E-state index contributed by atoms with van der Waals surface area (Å²) < 4.78 is 33.5. The summed E-state index contributed by atoms with van der Waals surface area (Å²) in [4.78, 5) is 50.9. The monoisotopic (exact) mass is 587 g/mol. The third-order valence-corrected chi connectivity index (χ3v) is 7.08. The molecule has 1 aliphatic rings. The number of methoxy groups -OCH3 is 1. The maximum atomic E-state index is 14.2. The van der Waals surface area contributed by atoms with Gasteiger partial charge in [-0.25, -0.2) is 0 Å². The molecule has 11 heteroatoms. The molecule has 40 heavy (non-hydrogen) atoms. The number of hydrogen-bond donors (Lipinski definition) is 3. The summed E-state index contributed by atoms with van der Waals surface area (Å²) in [6.07, 6.45) is 4.69. The van der Waals surface area contributed by atoms with Crippen molar-refractivity contribution in [2.75, 3.05) is 13.7 Å². The van der Waals surface area contributed by atoms with E-state index in [9.17, 15) is 28.0 Å². The first-order valence-electron chi connectivity index (χ1n) is 13.8. The first-order valence-corrected chi connectivity index (χ1v) is 13.8. The van der Waals surface area contributed by atoms with Gasteiger partial charge in [-0.05, 0) is 42.4 Å². The third-order valence-electron chi connectivity index (χ3n) is 7.08. The maximum absolute atomic E-state index is 14.2. The van der Waals surface area contributed by atoms with E-state index in [0.717, 1.165) is 37.7 Å². The van der Waals surface area contributed by atoms with Crippen LogP contribution < -0.4 is 21.1 Å². The van der Waals surface area contributed by atoms with Crippen LogP contribution in [-0.2, 0) is 25.6 Å². The Bertz CT molecular complexity index is 969. The molecule has 0 saturated heterocycles. The topological polar surface area (TPSA) is 128 Å². The van der Waals surface area contributed by atoms with Crippen LogP contribution in [0.15, 0.2) is 24.3 Å². The smallest absolute Gasteiger partial charge is 0.319 e. The van der Waals surface area contributed by atoms with Crippen molar-refractivity contribution in [3.63, 3.8) is 0 Å². The van der Waals surface area contributed by atoms with Gasteiger partial charge in [0.2, 0.25) is 17.6 Å². The van der Waals surface area contributed by atoms with Crippen molar-refractivity contribution >= 4 is 35.8 Å². The number of ketones is 2. The second kappa shape index (κ2) is 17.3. The summed E-state index contributed by atoms with van der Waals surface area (Å²) in [6, 6.07) is 4.86. The fourth-order valence-corrected chi connectivity index (χ4v) is 4.89. The number of nitrogens with two attached hydrogens (primary N) is 1. The molecule has 226 valence electrons. The van der Waals surface area contributed by atoms with E-state index in [1.54, 1.807) is 31.4 Å². The molecule has 0 heterocycles. The van der Waals surface area contributed by atoms with Crippen LogP contribution in [0.1, 0.15) is 77.2 Å². The van der Waals surface area contributed by atoms with Crippen LogP contribution in [0.5, 0.6) is 5.75 Å². The zero-order valence-corrected chi connectivity index (χ0v) is 24.5. The Morgan fingerprint density at radius 3 is 2.12 bits per heavy atom. The fraction of sp³-hybridized carbons (Fsp3) is 0.655. The average molecular weight is 588 g/mol. The van der Waals surface area contributed by atoms with Crippen molar-refractivity contribution in [1.29, 1.82) is 0 Å². The van der Waals surface area contributed by atoms with Crippen LogP contribution in [0.2, 0.25) is 0 Å². The molecule has 1 aromatic carbocycles. The van der Waals surface area contributed by atoms with E-state index in [-0.39, 0.29) is 68.0 Å². The number of nitrogens with one attached hydrogen (secondary N) is 2. The molecule has 1 saturated carbocycles. The number of halogens is 3. The molecule has 2 rings (SSSR count). The number of Topliss-reactive ketones (excluding diaryl/α,β-unsaturated/α-hetero) is 2. The van der Waals surface area contributed by atoms with Crippen molar-refractivity contribution < 1.29 is 32.7 Å². The van der Waals surface area contributed by atoms with Crippen LogP contribution in [-0.4, -0.2) is 55.0 Å². The Hall–Kier alpha value is -2.59. The Kier molecular flexibility index (Phi) is 15.3. The molecule has 2 atom stereocenters. The van der Waals surface area contributed by atoms with E-state index in [1.807, 2.05) is 13.8 Å². The summed E-state index contributed by atoms with van der Waals surface area (Å²) in [7, 11) is 1.54. The Morgan fingerprint density at radius 2 is 1.57 bits per heavy atom. The molecule has 4 N–H and O–H groups in total. The van der Waals surface area contributed by atoms with Crippen LogP contribution >= 0.6 is 12.4 Å². The van der Waals surface area contributed by atoms with Crippen molar-refractivity contribution in [3.05, 3.63) is 29.8 Å². The number of hydrogen-bond acceptors (Lipinski definition) is 6. The lowest BCUT2D eigenvalue weighted by molar-refractivity contribution is -0.146. The largest absolute Gasteiger partial charge is 0.497 e. The summed E-state index contributed by atoms with van der Waals surface area (Å²) in [6.45, 7) is 2.65. The second-order valence-electron chi connectivity index (χ2n) is 10.9. The van der Waals surface area contributed by atoms with E-state index in [2.05, 4.69) is 10.6 Å². The van der Waals surface area contributed by atoms with E-state index < -0.39 is 36.2 Å². The number of carbonyl (C=O) groups is 4. The molecule has 0 unspecified atom stereocenters. The third kappa shape index (κ3) is 11.9. The molecule has 0 spiro atoms. The number of carbonyl (C=O) groups excluding carboxylic acids is 4. The average Bonchev–Trinajstić information content (AvgIpc) is 2.91. The van der Waals surface area contributed by atoms with Gasteiger partial charge in [0.25, 0.3) is 0 Å². The molecule has 0 aliphatic heterocycles. The van der Waals surface area contributed by atoms with Crippen LogP contribution in [0.25, 0.3) is 0 Å². The summed E-state index contributed by atoms with van der Waals surface area (Å²) in [5.41, 5.74) is 5.92. The van der Waals surface area contributed by atoms with Crippen LogP contribution in [0, 0.1) is 11.8 Å². The van der Waals surface area contributed by atoms with Crippen molar-refractivity contribution in [2.24, 2.45) is 17.6 Å². The second-order valence-corrected chi connectivity index (χ2v) is 10.9. The number of ether oxygens (including phenoxy) is 1. The molecule has 1 aliphatic carbocycles. The van der Waals surface area contributed by atoms with Crippen molar-refractivity contribution in [1.82, 2.24) is 10.6 Å². The number of rotatable bonds is 16. The van der Waals surface area contributed by atoms with Crippen molar-refractivity contribution in [2.45, 2.75) is 96.1 Å². The quantitative estimate of drug-likeness (QED) is 0.266. The minimum atomic E-state index is -3.74. The van der Waals surface area contributed by atoms with Gasteiger partial charge in [-0.15, -0.1) is 12.4 Å². The number of amides is 2. The molecule has 0 radical (unpaired) electrons. The van der Waals surface area contributed by atoms with Gasteiger partial charge in [0, 0.05) is 19.3 Å². The summed E-state index contributed by atoms with van der Waals surface area (Å²) in [5.74, 6) is -5.63. The van der Waals surface area contributed by atoms with Gasteiger partial charge in [-0.3, -0.25) is 19.2 Å². The number of alkyl halides is 2. The summed E-state index contributed by atoms with van der Waals surface area (Å²) >= 11 is 0. The van der Waals surface area contributed by atoms with E-state index in [4.69, 9.17) is 10.5 Å². The van der Waals surface area contributed by atoms with E-state index >= 15 is 0 Å². The molecular formula is C29H44ClF2N3O5. The highest BCUT2D eigenvalue weighted by molar-refractivity contribution is 5.95. The lowest BCUT2D eigenvalue weighted by atomic mass is 9.83. The zero-order valence-electron chi connectivity index (χ0n) is 23.7. The highest BCUT2D eigenvalue weighted by atomic mass is 35.5. The Balaban J connectivity index is 0.00000800. The number of benzene rings is 1. The van der Waals surface area contributed by atoms with E-state index in [1.165, 1.54) is 0 Å². The zero-order chi connectivity index (χ0) is 29.0. The molecule has 1 fully saturated rings. The van der Waals surface area contributed by atoms with Gasteiger partial charge in [-0.2, -0.15) is 8.78 Å². The standard InChI is InChI=1S/C29H43F2N3O5.ClH/c1-19(2)15-27(37)33-23(16-21-9-11-22(39-3)12-10-21)25(35)13-14-26(36)34-24(28(38)29(30,31)18-32)17-20-7-5-4-6-8-20;/h9-12,19-20,23-24H,4-8,13-18,32H2,1-3H3,(H,33,37)(H,34,36);1H/t23-,24-;/m0./s1. The van der Waals surface area contributed by atoms with E-state index in [0.29, 0.717) is 5.75 Å². The van der Waals surface area contributed by atoms with Gasteiger partial charge in [0.05, 0.1) is 25.7 Å². The van der Waals surface area contributed by atoms with Gasteiger partial charge in [-0.1, -0.05) is 58.1 Å². The van der Waals surface area contributed by atoms with Crippen LogP contribution in [0.4, 0.5) is 8.78 Å². The van der Waals surface area contributed by atoms with Gasteiger partial charge in [0.1, 0.15) is 5.75 Å². The fourth-order valence-electron chi connectivity index (χ4n) is 4.89. The minimum absolute atomic E-state index is 0. The summed E-state index contributed by atoms with van der Waals surface area (Å²) in [5, 5.41) is 5.22.